The zero-order chi connectivity index (χ0) is 20.7. The normalized spacial score (nSPS) is 13.7. The Balaban J connectivity index is 3.30. The van der Waals surface area contributed by atoms with Crippen molar-refractivity contribution in [2.75, 3.05) is 0 Å². The molecule has 1 aromatic rings. The molecule has 1 aromatic carbocycles. The summed E-state index contributed by atoms with van der Waals surface area (Å²) in [6.45, 7) is 0. The van der Waals surface area contributed by atoms with Crippen LogP contribution in [0.1, 0.15) is 27.9 Å². The zero-order valence-corrected chi connectivity index (χ0v) is 11.9. The molecule has 0 unspecified atom stereocenters. The molecule has 0 aliphatic rings. The van der Waals surface area contributed by atoms with Gasteiger partial charge >= 0.3 is 24.5 Å². The highest BCUT2D eigenvalue weighted by Crippen LogP contribution is 2.38. The lowest BCUT2D eigenvalue weighted by atomic mass is 9.98. The lowest BCUT2D eigenvalue weighted by molar-refractivity contribution is -0.268. The summed E-state index contributed by atoms with van der Waals surface area (Å²) in [6.07, 6.45) is -19.4. The van der Waals surface area contributed by atoms with E-state index in [-0.39, 0.29) is 18.2 Å². The van der Waals surface area contributed by atoms with E-state index in [2.05, 4.69) is 0 Å². The number of rotatable bonds is 4. The van der Waals surface area contributed by atoms with Crippen LogP contribution in [0.15, 0.2) is 18.2 Å². The molecular weight excluding hydrogens is 397 g/mol. The van der Waals surface area contributed by atoms with Gasteiger partial charge in [0.15, 0.2) is 5.78 Å². The molecule has 0 fully saturated rings. The van der Waals surface area contributed by atoms with Crippen molar-refractivity contribution in [3.05, 3.63) is 34.9 Å². The van der Waals surface area contributed by atoms with Crippen LogP contribution in [-0.2, 0) is 17.1 Å². The van der Waals surface area contributed by atoms with Crippen LogP contribution in [0.2, 0.25) is 0 Å². The van der Waals surface area contributed by atoms with Gasteiger partial charge in [0.1, 0.15) is 0 Å². The largest absolute Gasteiger partial charge is 0.461 e. The van der Waals surface area contributed by atoms with Gasteiger partial charge in [-0.25, -0.2) is 0 Å². The molecular formula is C13H5F11O2. The van der Waals surface area contributed by atoms with Gasteiger partial charge in [0.05, 0.1) is 17.5 Å². The second-order valence-electron chi connectivity index (χ2n) is 4.89. The van der Waals surface area contributed by atoms with Crippen LogP contribution in [-0.4, -0.2) is 23.7 Å². The number of ketones is 2. The maximum atomic E-state index is 12.8. The molecule has 0 aromatic heterocycles. The van der Waals surface area contributed by atoms with Crippen molar-refractivity contribution in [2.45, 2.75) is 30.9 Å². The van der Waals surface area contributed by atoms with Gasteiger partial charge in [-0.3, -0.25) is 9.59 Å². The van der Waals surface area contributed by atoms with Crippen molar-refractivity contribution in [3.8, 4) is 0 Å². The maximum absolute atomic E-state index is 12.8. The highest BCUT2D eigenvalue weighted by atomic mass is 19.4. The second kappa shape index (κ2) is 6.50. The molecule has 0 spiro atoms. The number of hydrogen-bond donors (Lipinski definition) is 0. The number of carbonyl (C=O) groups is 2. The Labute approximate surface area is 136 Å². The lowest BCUT2D eigenvalue weighted by Gasteiger charge is -2.18. The highest BCUT2D eigenvalue weighted by molar-refractivity contribution is 6.10. The quantitative estimate of drug-likeness (QED) is 0.401. The van der Waals surface area contributed by atoms with E-state index in [0.717, 1.165) is 0 Å². The SMILES string of the molecule is O=C(CC(=O)C(F)(F)C(F)(F)F)c1cc(C(F)(F)F)cc(C(F)(F)F)c1. The fraction of sp³-hybridized carbons (Fsp3) is 0.385. The first kappa shape index (κ1) is 21.8. The van der Waals surface area contributed by atoms with E-state index in [9.17, 15) is 57.9 Å². The fourth-order valence-corrected chi connectivity index (χ4v) is 1.63. The van der Waals surface area contributed by atoms with E-state index in [4.69, 9.17) is 0 Å². The highest BCUT2D eigenvalue weighted by Gasteiger charge is 2.62. The summed E-state index contributed by atoms with van der Waals surface area (Å²) >= 11 is 0. The third-order valence-corrected chi connectivity index (χ3v) is 2.94. The number of halogens is 11. The van der Waals surface area contributed by atoms with Gasteiger partial charge in [-0.1, -0.05) is 0 Å². The number of carbonyl (C=O) groups excluding carboxylic acids is 2. The first-order valence-electron chi connectivity index (χ1n) is 6.18. The van der Waals surface area contributed by atoms with E-state index in [0.29, 0.717) is 0 Å². The summed E-state index contributed by atoms with van der Waals surface area (Å²) < 4.78 is 137. The van der Waals surface area contributed by atoms with E-state index < -0.39 is 59.1 Å². The van der Waals surface area contributed by atoms with Crippen molar-refractivity contribution in [2.24, 2.45) is 0 Å². The number of alkyl halides is 11. The minimum atomic E-state index is -6.38. The molecule has 26 heavy (non-hydrogen) atoms. The van der Waals surface area contributed by atoms with E-state index in [1.807, 2.05) is 0 Å². The van der Waals surface area contributed by atoms with Crippen LogP contribution in [0.4, 0.5) is 48.3 Å². The molecule has 2 nitrogen and oxygen atoms in total. The first-order chi connectivity index (χ1) is 11.4. The van der Waals surface area contributed by atoms with Crippen molar-refractivity contribution >= 4 is 11.6 Å². The first-order valence-corrected chi connectivity index (χ1v) is 6.18. The average molecular weight is 402 g/mol. The molecule has 13 heteroatoms. The Kier molecular flexibility index (Phi) is 5.46. The van der Waals surface area contributed by atoms with E-state index >= 15 is 0 Å². The van der Waals surface area contributed by atoms with Gasteiger partial charge < -0.3 is 0 Å². The van der Waals surface area contributed by atoms with Crippen molar-refractivity contribution < 1.29 is 57.9 Å². The molecule has 1 rings (SSSR count). The standard InChI is InChI=1S/C13H5F11O2/c14-10(15,13(22,23)24)9(26)4-8(25)5-1-6(11(16,17)18)3-7(2-5)12(19,20)21/h1-3H,4H2. The molecule has 0 amide bonds. The summed E-state index contributed by atoms with van der Waals surface area (Å²) in [7, 11) is 0. The molecule has 0 N–H and O–H groups in total. The van der Waals surface area contributed by atoms with Gasteiger partial charge in [0.2, 0.25) is 5.78 Å². The van der Waals surface area contributed by atoms with Crippen molar-refractivity contribution in [1.29, 1.82) is 0 Å². The van der Waals surface area contributed by atoms with Gasteiger partial charge in [0.25, 0.3) is 0 Å². The van der Waals surface area contributed by atoms with Crippen LogP contribution >= 0.6 is 0 Å². The molecule has 0 aliphatic carbocycles. The van der Waals surface area contributed by atoms with E-state index in [1.54, 1.807) is 0 Å². The van der Waals surface area contributed by atoms with Gasteiger partial charge in [0, 0.05) is 5.56 Å². The van der Waals surface area contributed by atoms with Crippen LogP contribution in [0.3, 0.4) is 0 Å². The topological polar surface area (TPSA) is 34.1 Å². The van der Waals surface area contributed by atoms with Crippen LogP contribution in [0.5, 0.6) is 0 Å². The molecule has 0 bridgehead atoms. The van der Waals surface area contributed by atoms with Crippen LogP contribution in [0, 0.1) is 0 Å². The smallest absolute Gasteiger partial charge is 0.294 e. The van der Waals surface area contributed by atoms with Gasteiger partial charge in [-0.15, -0.1) is 0 Å². The Bertz CT molecular complexity index is 678. The molecule has 146 valence electrons. The predicted octanol–water partition coefficient (Wildman–Crippen LogP) is 5.06. The summed E-state index contributed by atoms with van der Waals surface area (Å²) in [5, 5.41) is 0. The average Bonchev–Trinajstić information content (AvgIpc) is 2.43. The minimum Gasteiger partial charge on any atom is -0.294 e. The summed E-state index contributed by atoms with van der Waals surface area (Å²) in [5.74, 6) is -11.1. The number of benzene rings is 1. The Morgan fingerprint density at radius 1 is 0.692 bits per heavy atom. The van der Waals surface area contributed by atoms with Crippen LogP contribution in [0.25, 0.3) is 0 Å². The zero-order valence-electron chi connectivity index (χ0n) is 11.9. The van der Waals surface area contributed by atoms with Crippen LogP contribution < -0.4 is 0 Å². The van der Waals surface area contributed by atoms with Crippen molar-refractivity contribution in [3.63, 3.8) is 0 Å². The Morgan fingerprint density at radius 3 is 1.38 bits per heavy atom. The molecule has 0 saturated heterocycles. The molecule has 0 heterocycles. The lowest BCUT2D eigenvalue weighted by Crippen LogP contribution is -2.44. The Morgan fingerprint density at radius 2 is 1.08 bits per heavy atom. The second-order valence-corrected chi connectivity index (χ2v) is 4.89. The van der Waals surface area contributed by atoms with Gasteiger partial charge in [-0.2, -0.15) is 48.3 Å². The third-order valence-electron chi connectivity index (χ3n) is 2.94. The summed E-state index contributed by atoms with van der Waals surface area (Å²) in [5.41, 5.74) is -5.48. The summed E-state index contributed by atoms with van der Waals surface area (Å²) in [4.78, 5) is 22.5. The monoisotopic (exact) mass is 402 g/mol. The molecule has 0 radical (unpaired) electrons. The minimum absolute atomic E-state index is 0.184. The number of Topliss-reactive ketones (excluding diaryl/α,β-unsaturated/α-hetero) is 2. The third kappa shape index (κ3) is 4.69. The Hall–Kier alpha value is -2.21. The maximum Gasteiger partial charge on any atom is 0.461 e. The van der Waals surface area contributed by atoms with E-state index in [1.165, 1.54) is 0 Å². The summed E-state index contributed by atoms with van der Waals surface area (Å²) in [6, 6.07) is -0.754. The predicted molar refractivity (Wildman–Crippen MR) is 61.4 cm³/mol. The fourth-order valence-electron chi connectivity index (χ4n) is 1.63. The van der Waals surface area contributed by atoms with Gasteiger partial charge in [-0.05, 0) is 18.2 Å². The molecule has 0 saturated carbocycles. The molecule has 0 atom stereocenters. The number of hydrogen-bond acceptors (Lipinski definition) is 2. The molecule has 0 aliphatic heterocycles. The van der Waals surface area contributed by atoms with Crippen molar-refractivity contribution in [1.82, 2.24) is 0 Å².